The van der Waals surface area contributed by atoms with Crippen LogP contribution in [0.2, 0.25) is 0 Å². The number of Topliss-reactive ketones (excluding diaryl/α,β-unsaturated/α-hetero) is 2. The number of hydrogen-bond donors (Lipinski definition) is 5. The van der Waals surface area contributed by atoms with Gasteiger partial charge in [0.1, 0.15) is 17.4 Å². The second-order valence-corrected chi connectivity index (χ2v) is 10.1. The molecule has 5 atom stereocenters. The van der Waals surface area contributed by atoms with E-state index in [9.17, 15) is 56.8 Å². The first kappa shape index (κ1) is 27.5. The lowest BCUT2D eigenvalue weighted by Crippen LogP contribution is -2.63. The average molecular weight is 565 g/mol. The Morgan fingerprint density at radius 2 is 1.55 bits per heavy atom. The van der Waals surface area contributed by atoms with E-state index in [1.54, 1.807) is 0 Å². The van der Waals surface area contributed by atoms with E-state index in [4.69, 9.17) is 5.73 Å². The van der Waals surface area contributed by atoms with E-state index >= 15 is 0 Å². The van der Waals surface area contributed by atoms with Crippen LogP contribution < -0.4 is 5.73 Å². The highest BCUT2D eigenvalue weighted by atomic mass is 19.2. The molecule has 3 aliphatic carbocycles. The molecule has 2 aromatic carbocycles. The molecule has 2 aromatic rings. The van der Waals surface area contributed by atoms with Crippen molar-refractivity contribution in [1.82, 2.24) is 0 Å². The monoisotopic (exact) mass is 565 g/mol. The Balaban J connectivity index is 1.62. The number of phenols is 1. The van der Waals surface area contributed by atoms with Crippen molar-refractivity contribution in [3.8, 4) is 5.75 Å². The third-order valence-corrected chi connectivity index (χ3v) is 7.98. The molecule has 0 saturated heterocycles. The SMILES string of the molecule is NC(=O)C1C(=O)[C@@]2(O)C(O)=C3C(=O)c4c(O)ccc(/C=C/c5c(F)c(F)c(F)c(F)c5F)c4C[C@H]3C[C@H]2CC1O. The molecule has 5 rings (SSSR count). The maximum Gasteiger partial charge on any atom is 0.230 e. The highest BCUT2D eigenvalue weighted by Gasteiger charge is 2.62. The van der Waals surface area contributed by atoms with E-state index in [-0.39, 0.29) is 36.0 Å². The number of primary amides is 1. The fourth-order valence-electron chi connectivity index (χ4n) is 6.05. The minimum Gasteiger partial charge on any atom is -0.508 e. The van der Waals surface area contributed by atoms with Gasteiger partial charge in [-0.1, -0.05) is 12.1 Å². The largest absolute Gasteiger partial charge is 0.508 e. The molecule has 0 aliphatic heterocycles. The predicted molar refractivity (Wildman–Crippen MR) is 126 cm³/mol. The maximum atomic E-state index is 14.2. The number of halogens is 5. The quantitative estimate of drug-likeness (QED) is 0.126. The number of carbonyl (C=O) groups excluding carboxylic acids is 3. The summed E-state index contributed by atoms with van der Waals surface area (Å²) in [7, 11) is 0. The molecule has 2 unspecified atom stereocenters. The molecule has 1 saturated carbocycles. The first-order chi connectivity index (χ1) is 18.7. The van der Waals surface area contributed by atoms with Gasteiger partial charge in [0.15, 0.2) is 40.4 Å². The Morgan fingerprint density at radius 3 is 2.15 bits per heavy atom. The molecule has 0 bridgehead atoms. The second-order valence-electron chi connectivity index (χ2n) is 10.1. The number of fused-ring (bicyclic) bond motifs is 3. The van der Waals surface area contributed by atoms with Crippen LogP contribution in [0.15, 0.2) is 23.5 Å². The fraction of sp³-hybridized carbons (Fsp3) is 0.296. The van der Waals surface area contributed by atoms with Gasteiger partial charge in [0, 0.05) is 11.5 Å². The van der Waals surface area contributed by atoms with Gasteiger partial charge in [0.25, 0.3) is 0 Å². The van der Waals surface area contributed by atoms with Crippen LogP contribution in [0.5, 0.6) is 5.75 Å². The standard InChI is InChI=1S/C27H20F5NO7/c28-18-11(19(29)21(31)22(32)20(18)30)3-1-8-2-4-13(34)16-12(8)6-9-5-10-7-14(35)17(26(33)39)25(38)27(10,40)24(37)15(9)23(16)36/h1-4,9-10,14,17,34-35,37,40H,5-7H2,(H2,33,39)/b3-1+/t9-,10+,14?,17?,27+/m1/s1. The number of aliphatic hydroxyl groups excluding tert-OH is 2. The third kappa shape index (κ3) is 3.68. The van der Waals surface area contributed by atoms with E-state index in [2.05, 4.69) is 0 Å². The molecule has 8 nitrogen and oxygen atoms in total. The minimum absolute atomic E-state index is 0.0676. The average Bonchev–Trinajstić information content (AvgIpc) is 2.89. The molecule has 40 heavy (non-hydrogen) atoms. The Hall–Kier alpha value is -4.10. The predicted octanol–water partition coefficient (Wildman–Crippen LogP) is 2.61. The molecular weight excluding hydrogens is 545 g/mol. The molecule has 1 amide bonds. The van der Waals surface area contributed by atoms with Gasteiger partial charge >= 0.3 is 0 Å². The number of aliphatic hydroxyl groups is 3. The van der Waals surface area contributed by atoms with Crippen molar-refractivity contribution < 1.29 is 56.8 Å². The zero-order chi connectivity index (χ0) is 29.4. The topological polar surface area (TPSA) is 158 Å². The van der Waals surface area contributed by atoms with Gasteiger partial charge in [-0.3, -0.25) is 14.4 Å². The van der Waals surface area contributed by atoms with Crippen molar-refractivity contribution in [2.24, 2.45) is 23.5 Å². The van der Waals surface area contributed by atoms with Crippen LogP contribution in [0.3, 0.4) is 0 Å². The third-order valence-electron chi connectivity index (χ3n) is 7.98. The number of hydrogen-bond acceptors (Lipinski definition) is 7. The summed E-state index contributed by atoms with van der Waals surface area (Å²) in [5.41, 5.74) is 0.657. The number of rotatable bonds is 3. The van der Waals surface area contributed by atoms with Crippen LogP contribution in [0.4, 0.5) is 22.0 Å². The molecule has 6 N–H and O–H groups in total. The highest BCUT2D eigenvalue weighted by molar-refractivity contribution is 6.15. The van der Waals surface area contributed by atoms with Crippen LogP contribution >= 0.6 is 0 Å². The van der Waals surface area contributed by atoms with Crippen LogP contribution in [0, 0.1) is 46.8 Å². The Morgan fingerprint density at radius 1 is 0.950 bits per heavy atom. The van der Waals surface area contributed by atoms with Crippen molar-refractivity contribution in [3.63, 3.8) is 0 Å². The number of nitrogens with two attached hydrogens (primary N) is 1. The van der Waals surface area contributed by atoms with Gasteiger partial charge in [-0.2, -0.15) is 0 Å². The van der Waals surface area contributed by atoms with Gasteiger partial charge in [-0.15, -0.1) is 0 Å². The molecule has 1 fully saturated rings. The van der Waals surface area contributed by atoms with Crippen molar-refractivity contribution >= 4 is 29.6 Å². The lowest BCUT2D eigenvalue weighted by molar-refractivity contribution is -0.167. The number of carbonyl (C=O) groups is 3. The lowest BCUT2D eigenvalue weighted by atomic mass is 9.57. The summed E-state index contributed by atoms with van der Waals surface area (Å²) in [4.78, 5) is 38.3. The van der Waals surface area contributed by atoms with Gasteiger partial charge in [-0.05, 0) is 48.4 Å². The number of aromatic hydroxyl groups is 1. The molecule has 13 heteroatoms. The number of benzene rings is 2. The van der Waals surface area contributed by atoms with Crippen LogP contribution in [0.1, 0.15) is 39.9 Å². The Labute approximate surface area is 221 Å². The van der Waals surface area contributed by atoms with E-state index < -0.39 is 98.7 Å². The zero-order valence-electron chi connectivity index (χ0n) is 20.2. The summed E-state index contributed by atoms with van der Waals surface area (Å²) in [6, 6.07) is 2.27. The minimum atomic E-state index is -2.70. The Bertz CT molecular complexity index is 1560. The number of allylic oxidation sites excluding steroid dienone is 1. The summed E-state index contributed by atoms with van der Waals surface area (Å²) < 4.78 is 69.0. The van der Waals surface area contributed by atoms with Crippen LogP contribution in [0.25, 0.3) is 12.2 Å². The van der Waals surface area contributed by atoms with Gasteiger partial charge in [0.2, 0.25) is 11.7 Å². The molecular formula is C27H20F5NO7. The lowest BCUT2D eigenvalue weighted by Gasteiger charge is -2.48. The molecule has 3 aliphatic rings. The molecule has 0 spiro atoms. The van der Waals surface area contributed by atoms with Crippen LogP contribution in [-0.4, -0.2) is 49.6 Å². The maximum absolute atomic E-state index is 14.2. The first-order valence-electron chi connectivity index (χ1n) is 12.0. The van der Waals surface area contributed by atoms with Gasteiger partial charge in [-0.25, -0.2) is 22.0 Å². The summed E-state index contributed by atoms with van der Waals surface area (Å²) in [5.74, 6) is -19.7. The van der Waals surface area contributed by atoms with Crippen molar-refractivity contribution in [1.29, 1.82) is 0 Å². The fourth-order valence-corrected chi connectivity index (χ4v) is 6.05. The molecule has 0 radical (unpaired) electrons. The highest BCUT2D eigenvalue weighted by Crippen LogP contribution is 2.52. The van der Waals surface area contributed by atoms with E-state index in [1.807, 2.05) is 0 Å². The summed E-state index contributed by atoms with van der Waals surface area (Å²) in [5, 5.41) is 43.1. The summed E-state index contributed by atoms with van der Waals surface area (Å²) in [6.45, 7) is 0. The zero-order valence-corrected chi connectivity index (χ0v) is 20.2. The number of ketones is 2. The van der Waals surface area contributed by atoms with E-state index in [1.165, 1.54) is 6.07 Å². The number of amides is 1. The first-order valence-corrected chi connectivity index (χ1v) is 12.0. The summed E-state index contributed by atoms with van der Waals surface area (Å²) in [6.07, 6.45) is -0.524. The number of phenolic OH excluding ortho intramolecular Hbond substituents is 1. The Kier molecular flexibility index (Phi) is 6.34. The normalized spacial score (nSPS) is 28.0. The van der Waals surface area contributed by atoms with Crippen molar-refractivity contribution in [3.05, 3.63) is 74.8 Å². The smallest absolute Gasteiger partial charge is 0.230 e. The van der Waals surface area contributed by atoms with Gasteiger partial charge in [0.05, 0.1) is 17.2 Å². The molecule has 0 aromatic heterocycles. The summed E-state index contributed by atoms with van der Waals surface area (Å²) >= 11 is 0. The second kappa shape index (κ2) is 9.24. The van der Waals surface area contributed by atoms with Crippen LogP contribution in [-0.2, 0) is 16.0 Å². The van der Waals surface area contributed by atoms with Gasteiger partial charge < -0.3 is 26.2 Å². The van der Waals surface area contributed by atoms with Crippen molar-refractivity contribution in [2.75, 3.05) is 0 Å². The molecule has 0 heterocycles. The molecule has 210 valence electrons. The van der Waals surface area contributed by atoms with E-state index in [0.29, 0.717) is 6.08 Å². The van der Waals surface area contributed by atoms with E-state index in [0.717, 1.165) is 12.1 Å². The van der Waals surface area contributed by atoms with Crippen molar-refractivity contribution in [2.45, 2.75) is 31.0 Å².